The van der Waals surface area contributed by atoms with Gasteiger partial charge in [0.1, 0.15) is 5.01 Å². The van der Waals surface area contributed by atoms with Crippen molar-refractivity contribution in [2.75, 3.05) is 0 Å². The summed E-state index contributed by atoms with van der Waals surface area (Å²) in [6.07, 6.45) is 5.33. The summed E-state index contributed by atoms with van der Waals surface area (Å²) in [5.74, 6) is 0.0272. The molecule has 0 spiro atoms. The van der Waals surface area contributed by atoms with E-state index in [0.29, 0.717) is 12.1 Å². The number of fused-ring (bicyclic) bond motifs is 1. The number of aryl methyl sites for hydroxylation is 1. The number of amides is 1. The lowest BCUT2D eigenvalue weighted by Crippen LogP contribution is -2.38. The lowest BCUT2D eigenvalue weighted by Gasteiger charge is -2.29. The van der Waals surface area contributed by atoms with E-state index < -0.39 is 0 Å². The second-order valence-corrected chi connectivity index (χ2v) is 8.09. The predicted octanol–water partition coefficient (Wildman–Crippen LogP) is 5.36. The SMILES string of the molecule is C[C@H](CCc1ccccc1)N(Cc1nccs1)C(=O)c1ccnc2ccccc12. The molecule has 0 aliphatic heterocycles. The molecule has 1 amide bonds. The van der Waals surface area contributed by atoms with Crippen LogP contribution in [0.15, 0.2) is 78.4 Å². The minimum absolute atomic E-state index is 0.0272. The Balaban J connectivity index is 1.61. The maximum absolute atomic E-state index is 13.6. The van der Waals surface area contributed by atoms with E-state index in [1.807, 2.05) is 46.7 Å². The number of nitrogens with zero attached hydrogens (tertiary/aromatic N) is 3. The van der Waals surface area contributed by atoms with Crippen molar-refractivity contribution in [3.8, 4) is 0 Å². The van der Waals surface area contributed by atoms with Crippen LogP contribution in [0.2, 0.25) is 0 Å². The molecule has 2 aromatic carbocycles. The summed E-state index contributed by atoms with van der Waals surface area (Å²) in [6.45, 7) is 2.64. The summed E-state index contributed by atoms with van der Waals surface area (Å²) in [5.41, 5.74) is 2.82. The molecule has 0 bridgehead atoms. The van der Waals surface area contributed by atoms with Crippen molar-refractivity contribution in [1.29, 1.82) is 0 Å². The van der Waals surface area contributed by atoms with Crippen molar-refractivity contribution in [3.05, 3.63) is 94.6 Å². The number of carbonyl (C=O) groups excluding carboxylic acids is 1. The minimum atomic E-state index is 0.0272. The van der Waals surface area contributed by atoms with Crippen LogP contribution >= 0.6 is 11.3 Å². The topological polar surface area (TPSA) is 46.1 Å². The lowest BCUT2D eigenvalue weighted by molar-refractivity contribution is 0.0669. The van der Waals surface area contributed by atoms with Gasteiger partial charge in [0.05, 0.1) is 17.6 Å². The van der Waals surface area contributed by atoms with Crippen LogP contribution in [0, 0.1) is 0 Å². The summed E-state index contributed by atoms with van der Waals surface area (Å²) in [4.78, 5) is 24.4. The highest BCUT2D eigenvalue weighted by atomic mass is 32.1. The summed E-state index contributed by atoms with van der Waals surface area (Å²) in [7, 11) is 0. The summed E-state index contributed by atoms with van der Waals surface area (Å²) < 4.78 is 0. The van der Waals surface area contributed by atoms with E-state index >= 15 is 0 Å². The molecule has 4 nitrogen and oxygen atoms in total. The molecular weight excluding hydrogens is 378 g/mol. The van der Waals surface area contributed by atoms with Crippen LogP contribution in [0.5, 0.6) is 0 Å². The molecule has 1 atom stereocenters. The van der Waals surface area contributed by atoms with Gasteiger partial charge in [0.2, 0.25) is 0 Å². The van der Waals surface area contributed by atoms with Crippen molar-refractivity contribution < 1.29 is 4.79 Å². The maximum atomic E-state index is 13.6. The lowest BCUT2D eigenvalue weighted by atomic mass is 10.0. The molecule has 2 aromatic heterocycles. The highest BCUT2D eigenvalue weighted by Crippen LogP contribution is 2.22. The van der Waals surface area contributed by atoms with Crippen molar-refractivity contribution in [2.45, 2.75) is 32.4 Å². The minimum Gasteiger partial charge on any atom is -0.329 e. The average Bonchev–Trinajstić information content (AvgIpc) is 3.29. The third-order valence-corrected chi connectivity index (χ3v) is 5.92. The van der Waals surface area contributed by atoms with Crippen LogP contribution in [0.25, 0.3) is 10.9 Å². The molecule has 0 radical (unpaired) electrons. The Hall–Kier alpha value is -3.05. The zero-order valence-electron chi connectivity index (χ0n) is 16.4. The van der Waals surface area contributed by atoms with Gasteiger partial charge in [-0.3, -0.25) is 9.78 Å². The first-order valence-electron chi connectivity index (χ1n) is 9.79. The maximum Gasteiger partial charge on any atom is 0.255 e. The van der Waals surface area contributed by atoms with Crippen molar-refractivity contribution in [2.24, 2.45) is 0 Å². The fourth-order valence-corrected chi connectivity index (χ4v) is 4.13. The fraction of sp³-hybridized carbons (Fsp3) is 0.208. The molecule has 29 heavy (non-hydrogen) atoms. The van der Waals surface area contributed by atoms with Crippen LogP contribution in [0.4, 0.5) is 0 Å². The third kappa shape index (κ3) is 4.51. The van der Waals surface area contributed by atoms with Crippen LogP contribution in [-0.4, -0.2) is 26.8 Å². The quantitative estimate of drug-likeness (QED) is 0.419. The number of hydrogen-bond acceptors (Lipinski definition) is 4. The van der Waals surface area contributed by atoms with Crippen LogP contribution in [0.3, 0.4) is 0 Å². The molecule has 0 fully saturated rings. The van der Waals surface area contributed by atoms with Gasteiger partial charge in [0.15, 0.2) is 0 Å². The second-order valence-electron chi connectivity index (χ2n) is 7.11. The summed E-state index contributed by atoms with van der Waals surface area (Å²) in [5, 5.41) is 3.79. The number of para-hydroxylation sites is 1. The predicted molar refractivity (Wildman–Crippen MR) is 118 cm³/mol. The molecule has 0 saturated carbocycles. The van der Waals surface area contributed by atoms with E-state index in [1.165, 1.54) is 5.56 Å². The largest absolute Gasteiger partial charge is 0.329 e. The van der Waals surface area contributed by atoms with Gasteiger partial charge in [0.25, 0.3) is 5.91 Å². The molecule has 0 saturated heterocycles. The van der Waals surface area contributed by atoms with Gasteiger partial charge in [-0.25, -0.2) is 4.98 Å². The van der Waals surface area contributed by atoms with Crippen LogP contribution in [0.1, 0.15) is 34.3 Å². The fourth-order valence-electron chi connectivity index (χ4n) is 3.52. The normalized spacial score (nSPS) is 12.0. The first kappa shape index (κ1) is 19.3. The Morgan fingerprint density at radius 2 is 1.79 bits per heavy atom. The average molecular weight is 402 g/mol. The molecule has 2 heterocycles. The molecule has 0 aliphatic carbocycles. The number of carbonyl (C=O) groups is 1. The molecular formula is C24H23N3OS. The summed E-state index contributed by atoms with van der Waals surface area (Å²) in [6, 6.07) is 20.1. The smallest absolute Gasteiger partial charge is 0.255 e. The highest BCUT2D eigenvalue weighted by Gasteiger charge is 2.24. The number of benzene rings is 2. The first-order chi connectivity index (χ1) is 14.2. The van der Waals surface area contributed by atoms with E-state index in [2.05, 4.69) is 41.2 Å². The number of hydrogen-bond donors (Lipinski definition) is 0. The number of pyridine rings is 1. The van der Waals surface area contributed by atoms with E-state index in [9.17, 15) is 4.79 Å². The van der Waals surface area contributed by atoms with Gasteiger partial charge in [-0.2, -0.15) is 0 Å². The first-order valence-corrected chi connectivity index (χ1v) is 10.7. The Kier molecular flexibility index (Phi) is 5.96. The zero-order valence-corrected chi connectivity index (χ0v) is 17.2. The van der Waals surface area contributed by atoms with Gasteiger partial charge in [-0.15, -0.1) is 11.3 Å². The van der Waals surface area contributed by atoms with Crippen LogP contribution < -0.4 is 0 Å². The van der Waals surface area contributed by atoms with Gasteiger partial charge in [-0.1, -0.05) is 48.5 Å². The van der Waals surface area contributed by atoms with Crippen LogP contribution in [-0.2, 0) is 13.0 Å². The van der Waals surface area contributed by atoms with E-state index in [1.54, 1.807) is 23.7 Å². The Bertz CT molecular complexity index is 1070. The zero-order chi connectivity index (χ0) is 20.1. The third-order valence-electron chi connectivity index (χ3n) is 5.16. The second kappa shape index (κ2) is 8.97. The molecule has 146 valence electrons. The van der Waals surface area contributed by atoms with E-state index in [0.717, 1.165) is 28.8 Å². The van der Waals surface area contributed by atoms with Crippen molar-refractivity contribution in [1.82, 2.24) is 14.9 Å². The summed E-state index contributed by atoms with van der Waals surface area (Å²) >= 11 is 1.58. The van der Waals surface area contributed by atoms with Gasteiger partial charge in [-0.05, 0) is 37.5 Å². The molecule has 0 unspecified atom stereocenters. The molecule has 0 aliphatic rings. The van der Waals surface area contributed by atoms with Gasteiger partial charge < -0.3 is 4.90 Å². The van der Waals surface area contributed by atoms with E-state index in [-0.39, 0.29) is 11.9 Å². The Morgan fingerprint density at radius 1 is 1.00 bits per heavy atom. The highest BCUT2D eigenvalue weighted by molar-refractivity contribution is 7.09. The number of aromatic nitrogens is 2. The molecule has 0 N–H and O–H groups in total. The number of rotatable bonds is 7. The Labute approximate surface area is 174 Å². The van der Waals surface area contributed by atoms with Crippen molar-refractivity contribution >= 4 is 28.1 Å². The van der Waals surface area contributed by atoms with Gasteiger partial charge in [0, 0.05) is 29.2 Å². The molecule has 5 heteroatoms. The van der Waals surface area contributed by atoms with Crippen molar-refractivity contribution in [3.63, 3.8) is 0 Å². The standard InChI is InChI=1S/C24H23N3OS/c1-18(11-12-19-7-3-2-4-8-19)27(17-23-26-15-16-29-23)24(28)21-13-14-25-22-10-6-5-9-20(21)22/h2-10,13-16,18H,11-12,17H2,1H3/t18-/m1/s1. The molecule has 4 aromatic rings. The monoisotopic (exact) mass is 401 g/mol. The number of thiazole rings is 1. The van der Waals surface area contributed by atoms with E-state index in [4.69, 9.17) is 0 Å². The Morgan fingerprint density at radius 3 is 2.59 bits per heavy atom. The van der Waals surface area contributed by atoms with Gasteiger partial charge >= 0.3 is 0 Å². The molecule has 4 rings (SSSR count).